The monoisotopic (exact) mass is 242 g/mol. The first kappa shape index (κ1) is 14.9. The van der Waals surface area contributed by atoms with Crippen molar-refractivity contribution in [1.29, 1.82) is 0 Å². The molecule has 0 aromatic rings. The number of nitrogens with one attached hydrogen (secondary N) is 1. The van der Waals surface area contributed by atoms with E-state index in [1.807, 2.05) is 0 Å². The van der Waals surface area contributed by atoms with Crippen LogP contribution in [0.1, 0.15) is 40.0 Å². The van der Waals surface area contributed by atoms with Gasteiger partial charge < -0.3 is 15.0 Å². The fourth-order valence-electron chi connectivity index (χ4n) is 2.74. The predicted octanol–water partition coefficient (Wildman–Crippen LogP) is 2.12. The number of nitrogens with zero attached hydrogens (tertiary/aromatic N) is 1. The lowest BCUT2D eigenvalue weighted by Crippen LogP contribution is -2.54. The van der Waals surface area contributed by atoms with Gasteiger partial charge >= 0.3 is 0 Å². The van der Waals surface area contributed by atoms with Crippen LogP contribution in [0.2, 0.25) is 0 Å². The Balaban J connectivity index is 2.59. The second-order valence-corrected chi connectivity index (χ2v) is 5.23. The molecule has 0 aromatic carbocycles. The van der Waals surface area contributed by atoms with E-state index in [-0.39, 0.29) is 0 Å². The Morgan fingerprint density at radius 2 is 2.00 bits per heavy atom. The van der Waals surface area contributed by atoms with Crippen molar-refractivity contribution in [1.82, 2.24) is 10.2 Å². The van der Waals surface area contributed by atoms with Crippen molar-refractivity contribution in [3.8, 4) is 0 Å². The molecule has 1 saturated heterocycles. The van der Waals surface area contributed by atoms with Crippen LogP contribution >= 0.6 is 0 Å². The molecule has 2 unspecified atom stereocenters. The number of hydrogen-bond acceptors (Lipinski definition) is 3. The van der Waals surface area contributed by atoms with Crippen LogP contribution in [0.5, 0.6) is 0 Å². The Kier molecular flexibility index (Phi) is 7.09. The van der Waals surface area contributed by atoms with Crippen molar-refractivity contribution >= 4 is 0 Å². The summed E-state index contributed by atoms with van der Waals surface area (Å²) >= 11 is 0. The third kappa shape index (κ3) is 4.57. The predicted molar refractivity (Wildman–Crippen MR) is 73.4 cm³/mol. The second kappa shape index (κ2) is 8.06. The average molecular weight is 242 g/mol. The minimum atomic E-state index is 0.366. The zero-order valence-electron chi connectivity index (χ0n) is 12.0. The molecule has 1 aliphatic heterocycles. The maximum Gasteiger partial charge on any atom is 0.0857 e. The van der Waals surface area contributed by atoms with Gasteiger partial charge in [-0.05, 0) is 25.9 Å². The minimum absolute atomic E-state index is 0.366. The topological polar surface area (TPSA) is 24.5 Å². The lowest BCUT2D eigenvalue weighted by Gasteiger charge is -2.39. The number of likely N-dealkylation sites (N-methyl/N-ethyl adjacent to an activating group) is 1. The van der Waals surface area contributed by atoms with Crippen molar-refractivity contribution in [2.75, 3.05) is 33.3 Å². The summed E-state index contributed by atoms with van der Waals surface area (Å²) in [4.78, 5) is 2.39. The summed E-state index contributed by atoms with van der Waals surface area (Å²) in [6, 6.07) is 0.521. The zero-order valence-corrected chi connectivity index (χ0v) is 12.0. The van der Waals surface area contributed by atoms with Gasteiger partial charge in [-0.15, -0.1) is 0 Å². The third-order valence-corrected chi connectivity index (χ3v) is 3.88. The SMILES string of the molecule is CCCNC(C(CC)CC)C1CN(C)CCO1. The molecule has 0 amide bonds. The van der Waals surface area contributed by atoms with Crippen LogP contribution in [0, 0.1) is 5.92 Å². The molecule has 0 aromatic heterocycles. The number of hydrogen-bond donors (Lipinski definition) is 1. The molecule has 2 atom stereocenters. The summed E-state index contributed by atoms with van der Waals surface area (Å²) in [5.41, 5.74) is 0. The minimum Gasteiger partial charge on any atom is -0.374 e. The van der Waals surface area contributed by atoms with Gasteiger partial charge in [0, 0.05) is 19.1 Å². The first-order valence-electron chi connectivity index (χ1n) is 7.26. The van der Waals surface area contributed by atoms with E-state index >= 15 is 0 Å². The second-order valence-electron chi connectivity index (χ2n) is 5.23. The molecule has 1 N–H and O–H groups in total. The van der Waals surface area contributed by atoms with E-state index in [9.17, 15) is 0 Å². The average Bonchev–Trinajstić information content (AvgIpc) is 2.34. The highest BCUT2D eigenvalue weighted by molar-refractivity contribution is 4.86. The fourth-order valence-corrected chi connectivity index (χ4v) is 2.74. The van der Waals surface area contributed by atoms with E-state index in [1.54, 1.807) is 0 Å². The van der Waals surface area contributed by atoms with Crippen LogP contribution in [-0.2, 0) is 4.74 Å². The Hall–Kier alpha value is -0.120. The maximum atomic E-state index is 5.99. The van der Waals surface area contributed by atoms with Crippen LogP contribution < -0.4 is 5.32 Å². The van der Waals surface area contributed by atoms with E-state index < -0.39 is 0 Å². The van der Waals surface area contributed by atoms with E-state index in [0.717, 1.165) is 32.2 Å². The number of morpholine rings is 1. The van der Waals surface area contributed by atoms with Crippen LogP contribution in [0.3, 0.4) is 0 Å². The Bertz CT molecular complexity index is 195. The quantitative estimate of drug-likeness (QED) is 0.740. The first-order valence-corrected chi connectivity index (χ1v) is 7.26. The molecule has 0 spiro atoms. The first-order chi connectivity index (χ1) is 8.22. The number of rotatable bonds is 7. The van der Waals surface area contributed by atoms with Crippen molar-refractivity contribution in [3.63, 3.8) is 0 Å². The molecule has 0 aliphatic carbocycles. The molecule has 1 fully saturated rings. The van der Waals surface area contributed by atoms with Crippen LogP contribution in [0.15, 0.2) is 0 Å². The van der Waals surface area contributed by atoms with Gasteiger partial charge in [0.2, 0.25) is 0 Å². The smallest absolute Gasteiger partial charge is 0.0857 e. The molecule has 1 aliphatic rings. The number of ether oxygens (including phenoxy) is 1. The molecule has 1 heterocycles. The van der Waals surface area contributed by atoms with Crippen LogP contribution in [-0.4, -0.2) is 50.3 Å². The summed E-state index contributed by atoms with van der Waals surface area (Å²) in [5, 5.41) is 3.71. The van der Waals surface area contributed by atoms with Gasteiger partial charge in [0.1, 0.15) is 0 Å². The lowest BCUT2D eigenvalue weighted by atomic mass is 9.89. The molecule has 0 saturated carbocycles. The maximum absolute atomic E-state index is 5.99. The lowest BCUT2D eigenvalue weighted by molar-refractivity contribution is -0.0500. The molecule has 102 valence electrons. The Labute approximate surface area is 107 Å². The van der Waals surface area contributed by atoms with Gasteiger partial charge in [-0.25, -0.2) is 0 Å². The Morgan fingerprint density at radius 1 is 1.29 bits per heavy atom. The third-order valence-electron chi connectivity index (χ3n) is 3.88. The standard InChI is InChI=1S/C14H30N2O/c1-5-8-15-14(12(6-2)7-3)13-11-16(4)9-10-17-13/h12-15H,5-11H2,1-4H3. The molecule has 0 bridgehead atoms. The van der Waals surface area contributed by atoms with Crippen molar-refractivity contribution < 1.29 is 4.74 Å². The normalized spacial score (nSPS) is 24.2. The van der Waals surface area contributed by atoms with Crippen LogP contribution in [0.25, 0.3) is 0 Å². The van der Waals surface area contributed by atoms with Gasteiger partial charge in [-0.3, -0.25) is 0 Å². The van der Waals surface area contributed by atoms with E-state index in [0.29, 0.717) is 12.1 Å². The molecular formula is C14H30N2O. The van der Waals surface area contributed by atoms with Gasteiger partial charge in [0.15, 0.2) is 0 Å². The van der Waals surface area contributed by atoms with Gasteiger partial charge in [-0.1, -0.05) is 33.6 Å². The molecule has 0 radical (unpaired) electrons. The zero-order chi connectivity index (χ0) is 12.7. The largest absolute Gasteiger partial charge is 0.374 e. The van der Waals surface area contributed by atoms with Crippen molar-refractivity contribution in [2.45, 2.75) is 52.2 Å². The van der Waals surface area contributed by atoms with Crippen molar-refractivity contribution in [3.05, 3.63) is 0 Å². The fraction of sp³-hybridized carbons (Fsp3) is 1.00. The van der Waals surface area contributed by atoms with Crippen LogP contribution in [0.4, 0.5) is 0 Å². The molecule has 3 heteroatoms. The van der Waals surface area contributed by atoms with E-state index in [4.69, 9.17) is 4.74 Å². The van der Waals surface area contributed by atoms with E-state index in [1.165, 1.54) is 19.3 Å². The summed E-state index contributed by atoms with van der Waals surface area (Å²) in [6.45, 7) is 10.9. The summed E-state index contributed by atoms with van der Waals surface area (Å²) in [7, 11) is 2.19. The summed E-state index contributed by atoms with van der Waals surface area (Å²) in [5.74, 6) is 0.734. The highest BCUT2D eigenvalue weighted by atomic mass is 16.5. The summed E-state index contributed by atoms with van der Waals surface area (Å²) < 4.78 is 5.99. The highest BCUT2D eigenvalue weighted by Crippen LogP contribution is 2.20. The van der Waals surface area contributed by atoms with Gasteiger partial charge in [-0.2, -0.15) is 0 Å². The van der Waals surface area contributed by atoms with Gasteiger partial charge in [0.05, 0.1) is 12.7 Å². The highest BCUT2D eigenvalue weighted by Gasteiger charge is 2.30. The van der Waals surface area contributed by atoms with Gasteiger partial charge in [0.25, 0.3) is 0 Å². The molecule has 1 rings (SSSR count). The van der Waals surface area contributed by atoms with E-state index in [2.05, 4.69) is 38.0 Å². The summed E-state index contributed by atoms with van der Waals surface area (Å²) in [6.07, 6.45) is 4.03. The molecule has 17 heavy (non-hydrogen) atoms. The molecule has 3 nitrogen and oxygen atoms in total. The molecular weight excluding hydrogens is 212 g/mol. The Morgan fingerprint density at radius 3 is 2.53 bits per heavy atom. The van der Waals surface area contributed by atoms with Crippen molar-refractivity contribution in [2.24, 2.45) is 5.92 Å².